The molecule has 0 aliphatic heterocycles. The van der Waals surface area contributed by atoms with Gasteiger partial charge in [0.05, 0.1) is 25.9 Å². The van der Waals surface area contributed by atoms with Gasteiger partial charge in [-0.15, -0.1) is 0 Å². The van der Waals surface area contributed by atoms with E-state index < -0.39 is 0 Å². The van der Waals surface area contributed by atoms with Crippen molar-refractivity contribution in [2.75, 3.05) is 32.9 Å². The van der Waals surface area contributed by atoms with Crippen molar-refractivity contribution in [1.82, 2.24) is 5.32 Å². The summed E-state index contributed by atoms with van der Waals surface area (Å²) in [5.74, 6) is 0. The monoisotopic (exact) mass is 191 g/mol. The third kappa shape index (κ3) is 9.76. The van der Waals surface area contributed by atoms with Gasteiger partial charge in [0.15, 0.2) is 0 Å². The first kappa shape index (κ1) is 12.8. The Bertz CT molecular complexity index is 101. The van der Waals surface area contributed by atoms with Gasteiger partial charge in [-0.2, -0.15) is 0 Å². The van der Waals surface area contributed by atoms with Crippen LogP contribution in [0.1, 0.15) is 19.8 Å². The molecule has 1 atom stereocenters. The van der Waals surface area contributed by atoms with Gasteiger partial charge in [0.2, 0.25) is 0 Å². The number of ether oxygens (including phenoxy) is 1. The Labute approximate surface area is 79.9 Å². The number of hydrogen-bond donors (Lipinski definition) is 3. The molecule has 0 aromatic carbocycles. The second kappa shape index (κ2) is 9.92. The van der Waals surface area contributed by atoms with Gasteiger partial charge in [0.25, 0.3) is 0 Å². The number of hydrogen-bond acceptors (Lipinski definition) is 4. The number of nitrogens with one attached hydrogen (secondary N) is 1. The largest absolute Gasteiger partial charge is 0.394 e. The number of aliphatic hydroxyl groups is 2. The van der Waals surface area contributed by atoms with Crippen LogP contribution >= 0.6 is 0 Å². The predicted molar refractivity (Wildman–Crippen MR) is 51.7 cm³/mol. The normalized spacial score (nSPS) is 13.2. The summed E-state index contributed by atoms with van der Waals surface area (Å²) in [6.07, 6.45) is 1.41. The van der Waals surface area contributed by atoms with Crippen molar-refractivity contribution in [2.45, 2.75) is 25.9 Å². The highest BCUT2D eigenvalue weighted by Crippen LogP contribution is 1.93. The average Bonchev–Trinajstić information content (AvgIpc) is 2.16. The Morgan fingerprint density at radius 3 is 2.69 bits per heavy atom. The Morgan fingerprint density at radius 2 is 2.08 bits per heavy atom. The van der Waals surface area contributed by atoms with Crippen LogP contribution in [0.3, 0.4) is 0 Å². The molecule has 0 bridgehead atoms. The van der Waals surface area contributed by atoms with Gasteiger partial charge in [-0.05, 0) is 19.4 Å². The molecule has 0 fully saturated rings. The van der Waals surface area contributed by atoms with Gasteiger partial charge in [0.1, 0.15) is 0 Å². The fraction of sp³-hybridized carbons (Fsp3) is 1.00. The Hall–Kier alpha value is -0.160. The van der Waals surface area contributed by atoms with E-state index >= 15 is 0 Å². The fourth-order valence-electron chi connectivity index (χ4n) is 0.909. The van der Waals surface area contributed by atoms with Crippen LogP contribution in [0.5, 0.6) is 0 Å². The highest BCUT2D eigenvalue weighted by atomic mass is 16.5. The average molecular weight is 191 g/mol. The summed E-state index contributed by atoms with van der Waals surface area (Å²) in [6.45, 7) is 4.65. The molecule has 4 heteroatoms. The third-order valence-electron chi connectivity index (χ3n) is 1.78. The summed E-state index contributed by atoms with van der Waals surface area (Å²) >= 11 is 0. The Kier molecular flexibility index (Phi) is 9.80. The van der Waals surface area contributed by atoms with Gasteiger partial charge in [-0.1, -0.05) is 6.92 Å². The molecule has 0 heterocycles. The molecule has 0 aliphatic rings. The molecular weight excluding hydrogens is 170 g/mol. The van der Waals surface area contributed by atoms with Crippen LogP contribution in [0, 0.1) is 0 Å². The second-order valence-electron chi connectivity index (χ2n) is 2.94. The summed E-state index contributed by atoms with van der Waals surface area (Å²) in [4.78, 5) is 0. The quantitative estimate of drug-likeness (QED) is 0.440. The van der Waals surface area contributed by atoms with E-state index in [4.69, 9.17) is 9.84 Å². The molecule has 0 spiro atoms. The van der Waals surface area contributed by atoms with E-state index in [1.54, 1.807) is 0 Å². The highest BCUT2D eigenvalue weighted by Gasteiger charge is 1.98. The molecular formula is C9H21NO3. The first-order chi connectivity index (χ1) is 6.31. The lowest BCUT2D eigenvalue weighted by Crippen LogP contribution is -2.24. The lowest BCUT2D eigenvalue weighted by molar-refractivity contribution is 0.0929. The number of aliphatic hydroxyl groups excluding tert-OH is 2. The molecule has 0 saturated carbocycles. The van der Waals surface area contributed by atoms with E-state index in [0.717, 1.165) is 25.9 Å². The molecule has 0 radical (unpaired) electrons. The van der Waals surface area contributed by atoms with Gasteiger partial charge >= 0.3 is 0 Å². The lowest BCUT2D eigenvalue weighted by Gasteiger charge is -2.08. The Balaban J connectivity index is 2.91. The maximum Gasteiger partial charge on any atom is 0.0698 e. The van der Waals surface area contributed by atoms with Crippen LogP contribution in [0.15, 0.2) is 0 Å². The van der Waals surface area contributed by atoms with Crippen LogP contribution in [-0.2, 0) is 4.74 Å². The molecule has 0 rings (SSSR count). The van der Waals surface area contributed by atoms with Crippen LogP contribution in [0.2, 0.25) is 0 Å². The zero-order valence-corrected chi connectivity index (χ0v) is 8.33. The maximum absolute atomic E-state index is 9.19. The first-order valence-corrected chi connectivity index (χ1v) is 4.88. The molecule has 1 unspecified atom stereocenters. The second-order valence-corrected chi connectivity index (χ2v) is 2.94. The minimum absolute atomic E-state index is 0.0779. The smallest absolute Gasteiger partial charge is 0.0698 e. The molecule has 13 heavy (non-hydrogen) atoms. The molecule has 3 N–H and O–H groups in total. The van der Waals surface area contributed by atoms with E-state index in [9.17, 15) is 5.11 Å². The summed E-state index contributed by atoms with van der Waals surface area (Å²) in [6, 6.07) is 0. The van der Waals surface area contributed by atoms with Gasteiger partial charge in [-0.3, -0.25) is 0 Å². The first-order valence-electron chi connectivity index (χ1n) is 4.88. The van der Waals surface area contributed by atoms with Crippen molar-refractivity contribution in [3.63, 3.8) is 0 Å². The van der Waals surface area contributed by atoms with Gasteiger partial charge in [-0.25, -0.2) is 0 Å². The van der Waals surface area contributed by atoms with Crippen LogP contribution in [0.4, 0.5) is 0 Å². The minimum atomic E-state index is -0.189. The summed E-state index contributed by atoms with van der Waals surface area (Å²) in [7, 11) is 0. The topological polar surface area (TPSA) is 61.7 Å². The molecule has 0 amide bonds. The molecule has 0 saturated heterocycles. The van der Waals surface area contributed by atoms with E-state index in [1.807, 2.05) is 6.92 Å². The molecule has 0 aromatic heterocycles. The maximum atomic E-state index is 9.19. The highest BCUT2D eigenvalue weighted by molar-refractivity contribution is 4.55. The fourth-order valence-corrected chi connectivity index (χ4v) is 0.909. The lowest BCUT2D eigenvalue weighted by atomic mass is 10.2. The molecule has 0 aromatic rings. The van der Waals surface area contributed by atoms with E-state index in [-0.39, 0.29) is 12.7 Å². The van der Waals surface area contributed by atoms with Crippen molar-refractivity contribution < 1.29 is 14.9 Å². The molecule has 0 aliphatic carbocycles. The number of rotatable bonds is 9. The summed E-state index contributed by atoms with van der Waals surface area (Å²) < 4.78 is 5.04. The van der Waals surface area contributed by atoms with Crippen molar-refractivity contribution in [2.24, 2.45) is 0 Å². The zero-order chi connectivity index (χ0) is 9.94. The Morgan fingerprint density at radius 1 is 1.31 bits per heavy atom. The molecule has 4 nitrogen and oxygen atoms in total. The van der Waals surface area contributed by atoms with Crippen molar-refractivity contribution >= 4 is 0 Å². The molecule has 80 valence electrons. The summed E-state index contributed by atoms with van der Waals surface area (Å²) in [5.41, 5.74) is 0. The SMILES string of the molecule is CCC(O)CCNCCOCCO. The van der Waals surface area contributed by atoms with E-state index in [2.05, 4.69) is 5.32 Å². The van der Waals surface area contributed by atoms with Crippen LogP contribution in [0.25, 0.3) is 0 Å². The van der Waals surface area contributed by atoms with Crippen molar-refractivity contribution in [1.29, 1.82) is 0 Å². The third-order valence-corrected chi connectivity index (χ3v) is 1.78. The van der Waals surface area contributed by atoms with E-state index in [1.165, 1.54) is 0 Å². The van der Waals surface area contributed by atoms with Crippen molar-refractivity contribution in [3.8, 4) is 0 Å². The van der Waals surface area contributed by atoms with E-state index in [0.29, 0.717) is 13.2 Å². The minimum Gasteiger partial charge on any atom is -0.394 e. The van der Waals surface area contributed by atoms with Crippen LogP contribution < -0.4 is 5.32 Å². The summed E-state index contributed by atoms with van der Waals surface area (Å²) in [5, 5.41) is 20.7. The van der Waals surface area contributed by atoms with Gasteiger partial charge in [0, 0.05) is 6.54 Å². The van der Waals surface area contributed by atoms with Gasteiger partial charge < -0.3 is 20.3 Å². The predicted octanol–water partition coefficient (Wildman–Crippen LogP) is -0.254. The zero-order valence-electron chi connectivity index (χ0n) is 8.33. The van der Waals surface area contributed by atoms with Crippen molar-refractivity contribution in [3.05, 3.63) is 0 Å². The van der Waals surface area contributed by atoms with Crippen LogP contribution in [-0.4, -0.2) is 49.2 Å². The standard InChI is InChI=1S/C9H21NO3/c1-2-9(12)3-4-10-5-7-13-8-6-11/h9-12H,2-8H2,1H3.